The summed E-state index contributed by atoms with van der Waals surface area (Å²) in [5, 5.41) is 11.9. The third-order valence-corrected chi connectivity index (χ3v) is 5.36. The van der Waals surface area contributed by atoms with E-state index < -0.39 is 10.0 Å². The van der Waals surface area contributed by atoms with Crippen LogP contribution < -0.4 is 10.5 Å². The predicted molar refractivity (Wildman–Crippen MR) is 107 cm³/mol. The lowest BCUT2D eigenvalue weighted by Crippen LogP contribution is -2.26. The first-order valence-electron chi connectivity index (χ1n) is 9.04. The SMILES string of the molecule is Cc1ccc(-c2noc(CCC(=O)N[C@H](C)c3ccc(S(N)(=O)=O)cc3)n2)cc1. The van der Waals surface area contributed by atoms with Crippen molar-refractivity contribution in [1.29, 1.82) is 0 Å². The topological polar surface area (TPSA) is 128 Å². The van der Waals surface area contributed by atoms with E-state index in [4.69, 9.17) is 9.66 Å². The first-order valence-corrected chi connectivity index (χ1v) is 10.6. The van der Waals surface area contributed by atoms with Gasteiger partial charge in [-0.3, -0.25) is 4.79 Å². The summed E-state index contributed by atoms with van der Waals surface area (Å²) in [5.74, 6) is 0.702. The second-order valence-electron chi connectivity index (χ2n) is 6.78. The number of carbonyl (C=O) groups is 1. The van der Waals surface area contributed by atoms with Crippen LogP contribution in [0.25, 0.3) is 11.4 Å². The van der Waals surface area contributed by atoms with Crippen molar-refractivity contribution in [3.8, 4) is 11.4 Å². The summed E-state index contributed by atoms with van der Waals surface area (Å²) in [6, 6.07) is 13.6. The average molecular weight is 414 g/mol. The average Bonchev–Trinajstić information content (AvgIpc) is 3.15. The lowest BCUT2D eigenvalue weighted by atomic mass is 10.1. The zero-order valence-corrected chi connectivity index (χ0v) is 16.9. The van der Waals surface area contributed by atoms with Crippen molar-refractivity contribution in [3.05, 3.63) is 65.5 Å². The number of rotatable bonds is 7. The molecule has 0 fully saturated rings. The van der Waals surface area contributed by atoms with E-state index in [2.05, 4.69) is 15.5 Å². The van der Waals surface area contributed by atoms with E-state index in [0.717, 1.165) is 16.7 Å². The molecule has 29 heavy (non-hydrogen) atoms. The van der Waals surface area contributed by atoms with Crippen LogP contribution in [-0.4, -0.2) is 24.5 Å². The molecule has 3 N–H and O–H groups in total. The van der Waals surface area contributed by atoms with E-state index in [0.29, 0.717) is 18.1 Å². The third-order valence-electron chi connectivity index (χ3n) is 4.43. The molecule has 3 rings (SSSR count). The summed E-state index contributed by atoms with van der Waals surface area (Å²) >= 11 is 0. The van der Waals surface area contributed by atoms with E-state index in [9.17, 15) is 13.2 Å². The van der Waals surface area contributed by atoms with Crippen LogP contribution in [0.4, 0.5) is 0 Å². The van der Waals surface area contributed by atoms with E-state index in [1.807, 2.05) is 38.1 Å². The second kappa shape index (κ2) is 8.54. The van der Waals surface area contributed by atoms with Gasteiger partial charge in [0.15, 0.2) is 0 Å². The van der Waals surface area contributed by atoms with E-state index in [-0.39, 0.29) is 23.3 Å². The fourth-order valence-corrected chi connectivity index (χ4v) is 3.26. The molecule has 0 aliphatic carbocycles. The molecule has 3 aromatic rings. The molecule has 0 saturated carbocycles. The monoisotopic (exact) mass is 414 g/mol. The van der Waals surface area contributed by atoms with Crippen LogP contribution in [0.5, 0.6) is 0 Å². The van der Waals surface area contributed by atoms with Crippen LogP contribution in [0.1, 0.15) is 36.4 Å². The normalized spacial score (nSPS) is 12.5. The highest BCUT2D eigenvalue weighted by Crippen LogP contribution is 2.18. The van der Waals surface area contributed by atoms with Gasteiger partial charge in [-0.15, -0.1) is 0 Å². The van der Waals surface area contributed by atoms with Gasteiger partial charge in [0.1, 0.15) is 0 Å². The molecule has 8 nitrogen and oxygen atoms in total. The van der Waals surface area contributed by atoms with Crippen molar-refractivity contribution < 1.29 is 17.7 Å². The van der Waals surface area contributed by atoms with Gasteiger partial charge in [0.2, 0.25) is 27.6 Å². The molecule has 0 saturated heterocycles. The Morgan fingerprint density at radius 1 is 1.14 bits per heavy atom. The van der Waals surface area contributed by atoms with Gasteiger partial charge in [-0.2, -0.15) is 4.98 Å². The van der Waals surface area contributed by atoms with Crippen LogP contribution in [0.3, 0.4) is 0 Å². The van der Waals surface area contributed by atoms with Gasteiger partial charge in [0, 0.05) is 18.4 Å². The predicted octanol–water partition coefficient (Wildman–Crippen LogP) is 2.50. The summed E-state index contributed by atoms with van der Waals surface area (Å²) in [4.78, 5) is 16.6. The number of aromatic nitrogens is 2. The quantitative estimate of drug-likeness (QED) is 0.611. The van der Waals surface area contributed by atoms with Gasteiger partial charge >= 0.3 is 0 Å². The summed E-state index contributed by atoms with van der Waals surface area (Å²) in [5.41, 5.74) is 2.76. The Kier molecular flexibility index (Phi) is 6.09. The van der Waals surface area contributed by atoms with Gasteiger partial charge in [0.05, 0.1) is 10.9 Å². The molecule has 1 heterocycles. The molecular weight excluding hydrogens is 392 g/mol. The van der Waals surface area contributed by atoms with Crippen LogP contribution in [0, 0.1) is 6.92 Å². The molecule has 1 atom stereocenters. The highest BCUT2D eigenvalue weighted by atomic mass is 32.2. The number of sulfonamides is 1. The van der Waals surface area contributed by atoms with Crippen molar-refractivity contribution in [3.63, 3.8) is 0 Å². The highest BCUT2D eigenvalue weighted by Gasteiger charge is 2.14. The van der Waals surface area contributed by atoms with Gasteiger partial charge in [-0.1, -0.05) is 47.1 Å². The molecule has 152 valence electrons. The molecule has 9 heteroatoms. The Bertz CT molecular complexity index is 1090. The number of nitrogens with one attached hydrogen (secondary N) is 1. The first-order chi connectivity index (χ1) is 13.7. The maximum Gasteiger partial charge on any atom is 0.238 e. The zero-order chi connectivity index (χ0) is 21.0. The van der Waals surface area contributed by atoms with Crippen molar-refractivity contribution in [1.82, 2.24) is 15.5 Å². The van der Waals surface area contributed by atoms with Gasteiger partial charge in [-0.05, 0) is 31.5 Å². The highest BCUT2D eigenvalue weighted by molar-refractivity contribution is 7.89. The minimum Gasteiger partial charge on any atom is -0.350 e. The number of amides is 1. The summed E-state index contributed by atoms with van der Waals surface area (Å²) < 4.78 is 27.8. The second-order valence-corrected chi connectivity index (χ2v) is 8.34. The molecule has 0 aliphatic heterocycles. The number of hydrogen-bond donors (Lipinski definition) is 2. The standard InChI is InChI=1S/C20H22N4O4S/c1-13-3-5-16(6-4-13)20-23-19(28-24-20)12-11-18(25)22-14(2)15-7-9-17(10-8-15)29(21,26)27/h3-10,14H,11-12H2,1-2H3,(H,22,25)(H2,21,26,27)/t14-/m1/s1. The molecule has 0 bridgehead atoms. The largest absolute Gasteiger partial charge is 0.350 e. The van der Waals surface area contributed by atoms with E-state index in [1.54, 1.807) is 12.1 Å². The number of carbonyl (C=O) groups excluding carboxylic acids is 1. The Hall–Kier alpha value is -3.04. The van der Waals surface area contributed by atoms with Crippen molar-refractivity contribution >= 4 is 15.9 Å². The summed E-state index contributed by atoms with van der Waals surface area (Å²) in [6.07, 6.45) is 0.511. The summed E-state index contributed by atoms with van der Waals surface area (Å²) in [7, 11) is -3.74. The molecule has 1 aromatic heterocycles. The zero-order valence-electron chi connectivity index (χ0n) is 16.1. The molecule has 0 spiro atoms. The Morgan fingerprint density at radius 3 is 2.41 bits per heavy atom. The maximum absolute atomic E-state index is 12.2. The number of nitrogens with two attached hydrogens (primary N) is 1. The molecule has 0 unspecified atom stereocenters. The number of hydrogen-bond acceptors (Lipinski definition) is 6. The van der Waals surface area contributed by atoms with Crippen LogP contribution >= 0.6 is 0 Å². The molecule has 1 amide bonds. The Morgan fingerprint density at radius 2 is 1.79 bits per heavy atom. The molecule has 0 aliphatic rings. The lowest BCUT2D eigenvalue weighted by molar-refractivity contribution is -0.121. The number of benzene rings is 2. The Labute approximate surface area is 169 Å². The summed E-state index contributed by atoms with van der Waals surface area (Å²) in [6.45, 7) is 3.81. The Balaban J connectivity index is 1.54. The number of primary sulfonamides is 1. The molecule has 0 radical (unpaired) electrons. The van der Waals surface area contributed by atoms with Crippen LogP contribution in [0.15, 0.2) is 57.9 Å². The number of aryl methyl sites for hydroxylation is 2. The molecular formula is C20H22N4O4S. The number of nitrogens with zero attached hydrogens (tertiary/aromatic N) is 2. The van der Waals surface area contributed by atoms with Gasteiger partial charge in [0.25, 0.3) is 0 Å². The van der Waals surface area contributed by atoms with Crippen LogP contribution in [0.2, 0.25) is 0 Å². The smallest absolute Gasteiger partial charge is 0.238 e. The fourth-order valence-electron chi connectivity index (χ4n) is 2.74. The van der Waals surface area contributed by atoms with E-state index in [1.165, 1.54) is 12.1 Å². The van der Waals surface area contributed by atoms with Crippen molar-refractivity contribution in [2.24, 2.45) is 5.14 Å². The maximum atomic E-state index is 12.2. The first kappa shape index (κ1) is 20.7. The van der Waals surface area contributed by atoms with Crippen LogP contribution in [-0.2, 0) is 21.2 Å². The van der Waals surface area contributed by atoms with E-state index >= 15 is 0 Å². The van der Waals surface area contributed by atoms with Crippen molar-refractivity contribution in [2.45, 2.75) is 37.6 Å². The molecule has 2 aromatic carbocycles. The van der Waals surface area contributed by atoms with Gasteiger partial charge < -0.3 is 9.84 Å². The van der Waals surface area contributed by atoms with Gasteiger partial charge in [-0.25, -0.2) is 13.6 Å². The fraction of sp³-hybridized carbons (Fsp3) is 0.250. The third kappa shape index (κ3) is 5.49. The minimum absolute atomic E-state index is 0.0283. The lowest BCUT2D eigenvalue weighted by Gasteiger charge is -2.14. The minimum atomic E-state index is -3.74. The van der Waals surface area contributed by atoms with Crippen molar-refractivity contribution in [2.75, 3.05) is 0 Å².